The van der Waals surface area contributed by atoms with Gasteiger partial charge < -0.3 is 19.2 Å². The van der Waals surface area contributed by atoms with E-state index in [4.69, 9.17) is 13.9 Å². The Labute approximate surface area is 159 Å². The molecule has 146 valence electrons. The number of ether oxygens (including phenoxy) is 2. The molecule has 6 nitrogen and oxygen atoms in total. The van der Waals surface area contributed by atoms with Crippen LogP contribution in [0.3, 0.4) is 0 Å². The lowest BCUT2D eigenvalue weighted by Gasteiger charge is -2.24. The summed E-state index contributed by atoms with van der Waals surface area (Å²) in [5, 5.41) is 3.77. The summed E-state index contributed by atoms with van der Waals surface area (Å²) in [6.45, 7) is 5.85. The Bertz CT molecular complexity index is 819. The number of nitrogens with one attached hydrogen (secondary N) is 1. The second-order valence-corrected chi connectivity index (χ2v) is 7.04. The molecule has 3 rings (SSSR count). The van der Waals surface area contributed by atoms with Gasteiger partial charge in [0.15, 0.2) is 6.10 Å². The molecule has 1 saturated carbocycles. The zero-order valence-electron chi connectivity index (χ0n) is 16.2. The molecule has 0 bridgehead atoms. The second-order valence-electron chi connectivity index (χ2n) is 7.04. The van der Waals surface area contributed by atoms with Gasteiger partial charge in [-0.25, -0.2) is 4.79 Å². The van der Waals surface area contributed by atoms with Crippen molar-refractivity contribution in [1.82, 2.24) is 5.32 Å². The molecule has 27 heavy (non-hydrogen) atoms. The molecule has 1 amide bonds. The van der Waals surface area contributed by atoms with Crippen molar-refractivity contribution in [3.05, 3.63) is 29.5 Å². The first kappa shape index (κ1) is 19.3. The van der Waals surface area contributed by atoms with E-state index < -0.39 is 12.1 Å². The Morgan fingerprint density at radius 3 is 2.70 bits per heavy atom. The van der Waals surface area contributed by atoms with Gasteiger partial charge in [0.1, 0.15) is 11.3 Å². The van der Waals surface area contributed by atoms with E-state index in [1.54, 1.807) is 26.0 Å². The number of rotatable bonds is 6. The van der Waals surface area contributed by atoms with Gasteiger partial charge in [-0.3, -0.25) is 4.79 Å². The van der Waals surface area contributed by atoms with Crippen LogP contribution in [0.5, 0.6) is 5.75 Å². The molecule has 0 unspecified atom stereocenters. The molecular formula is C21H27NO5. The number of carbonyl (C=O) groups excluding carboxylic acids is 2. The van der Waals surface area contributed by atoms with E-state index in [0.717, 1.165) is 31.1 Å². The van der Waals surface area contributed by atoms with Crippen molar-refractivity contribution >= 4 is 22.8 Å². The number of hydrogen-bond donors (Lipinski definition) is 1. The number of benzene rings is 1. The Hall–Kier alpha value is -2.50. The summed E-state index contributed by atoms with van der Waals surface area (Å²) in [6.07, 6.45) is 4.56. The molecule has 0 saturated heterocycles. The molecule has 2 aromatic rings. The van der Waals surface area contributed by atoms with Crippen molar-refractivity contribution in [1.29, 1.82) is 0 Å². The van der Waals surface area contributed by atoms with Crippen molar-refractivity contribution in [3.8, 4) is 5.75 Å². The van der Waals surface area contributed by atoms with Crippen LogP contribution in [0.4, 0.5) is 0 Å². The van der Waals surface area contributed by atoms with Crippen LogP contribution in [0.2, 0.25) is 0 Å². The molecule has 1 atom stereocenters. The fourth-order valence-corrected chi connectivity index (χ4v) is 3.48. The summed E-state index contributed by atoms with van der Waals surface area (Å²) in [5.74, 6) is -0.0550. The third kappa shape index (κ3) is 4.43. The van der Waals surface area contributed by atoms with Crippen LogP contribution in [-0.4, -0.2) is 30.6 Å². The van der Waals surface area contributed by atoms with Gasteiger partial charge in [0.2, 0.25) is 5.76 Å². The van der Waals surface area contributed by atoms with E-state index in [0.29, 0.717) is 23.5 Å². The SMILES string of the molecule is CCOc1ccc2oc(C(=O)O[C@@H](C)C(=O)NC3CCCCC3)c(C)c2c1. The Morgan fingerprint density at radius 2 is 2.00 bits per heavy atom. The van der Waals surface area contributed by atoms with Crippen LogP contribution in [0.25, 0.3) is 11.0 Å². The van der Waals surface area contributed by atoms with E-state index in [1.165, 1.54) is 6.42 Å². The third-order valence-electron chi connectivity index (χ3n) is 5.01. The van der Waals surface area contributed by atoms with Gasteiger partial charge in [0, 0.05) is 17.0 Å². The lowest BCUT2D eigenvalue weighted by atomic mass is 9.95. The first-order valence-electron chi connectivity index (χ1n) is 9.67. The highest BCUT2D eigenvalue weighted by molar-refractivity contribution is 5.97. The number of fused-ring (bicyclic) bond motifs is 1. The number of amides is 1. The Kier molecular flexibility index (Phi) is 6.04. The minimum atomic E-state index is -0.869. The van der Waals surface area contributed by atoms with Crippen LogP contribution in [0.15, 0.2) is 22.6 Å². The topological polar surface area (TPSA) is 77.8 Å². The zero-order chi connectivity index (χ0) is 19.4. The predicted octanol–water partition coefficient (Wildman–Crippen LogP) is 4.13. The summed E-state index contributed by atoms with van der Waals surface area (Å²) in [7, 11) is 0. The number of furan rings is 1. The van der Waals surface area contributed by atoms with E-state index in [-0.39, 0.29) is 17.7 Å². The van der Waals surface area contributed by atoms with E-state index in [2.05, 4.69) is 5.32 Å². The molecule has 1 aliphatic rings. The summed E-state index contributed by atoms with van der Waals surface area (Å²) in [4.78, 5) is 24.8. The summed E-state index contributed by atoms with van der Waals surface area (Å²) >= 11 is 0. The highest BCUT2D eigenvalue weighted by Gasteiger charge is 2.26. The monoisotopic (exact) mass is 373 g/mol. The van der Waals surface area contributed by atoms with Crippen molar-refractivity contribution in [2.24, 2.45) is 0 Å². The van der Waals surface area contributed by atoms with Crippen LogP contribution >= 0.6 is 0 Å². The molecule has 6 heteroatoms. The van der Waals surface area contributed by atoms with Crippen molar-refractivity contribution in [2.75, 3.05) is 6.61 Å². The Balaban J connectivity index is 1.67. The highest BCUT2D eigenvalue weighted by Crippen LogP contribution is 2.29. The minimum Gasteiger partial charge on any atom is -0.494 e. The van der Waals surface area contributed by atoms with Gasteiger partial charge in [-0.05, 0) is 51.8 Å². The standard InChI is InChI=1S/C21H27NO5/c1-4-25-16-10-11-18-17(12-16)13(2)19(27-18)21(24)26-14(3)20(23)22-15-8-6-5-7-9-15/h10-12,14-15H,4-9H2,1-3H3,(H,22,23)/t14-/m0/s1. The van der Waals surface area contributed by atoms with Crippen molar-refractivity contribution in [3.63, 3.8) is 0 Å². The second kappa shape index (κ2) is 8.46. The van der Waals surface area contributed by atoms with Crippen molar-refractivity contribution < 1.29 is 23.5 Å². The van der Waals surface area contributed by atoms with Gasteiger partial charge in [-0.2, -0.15) is 0 Å². The fraction of sp³-hybridized carbons (Fsp3) is 0.524. The smallest absolute Gasteiger partial charge is 0.375 e. The van der Waals surface area contributed by atoms with Gasteiger partial charge in [0.25, 0.3) is 5.91 Å². The van der Waals surface area contributed by atoms with Crippen LogP contribution in [0, 0.1) is 6.92 Å². The number of esters is 1. The van der Waals surface area contributed by atoms with Gasteiger partial charge >= 0.3 is 5.97 Å². The Morgan fingerprint density at radius 1 is 1.26 bits per heavy atom. The van der Waals surface area contributed by atoms with Crippen LogP contribution < -0.4 is 10.1 Å². The predicted molar refractivity (Wildman–Crippen MR) is 102 cm³/mol. The summed E-state index contributed by atoms with van der Waals surface area (Å²) in [6, 6.07) is 5.58. The molecule has 1 aromatic carbocycles. The van der Waals surface area contributed by atoms with E-state index >= 15 is 0 Å². The van der Waals surface area contributed by atoms with Gasteiger partial charge in [-0.15, -0.1) is 0 Å². The first-order chi connectivity index (χ1) is 13.0. The first-order valence-corrected chi connectivity index (χ1v) is 9.67. The highest BCUT2D eigenvalue weighted by atomic mass is 16.6. The maximum Gasteiger partial charge on any atom is 0.375 e. The lowest BCUT2D eigenvalue weighted by molar-refractivity contribution is -0.130. The normalized spacial score (nSPS) is 16.1. The molecular weight excluding hydrogens is 346 g/mol. The molecule has 1 fully saturated rings. The lowest BCUT2D eigenvalue weighted by Crippen LogP contribution is -2.42. The van der Waals surface area contributed by atoms with Crippen LogP contribution in [-0.2, 0) is 9.53 Å². The maximum absolute atomic E-state index is 12.5. The zero-order valence-corrected chi connectivity index (χ0v) is 16.2. The molecule has 1 heterocycles. The molecule has 0 radical (unpaired) electrons. The third-order valence-corrected chi connectivity index (χ3v) is 5.01. The molecule has 1 aromatic heterocycles. The van der Waals surface area contributed by atoms with Crippen LogP contribution in [0.1, 0.15) is 62.1 Å². The summed E-state index contributed by atoms with van der Waals surface area (Å²) in [5.41, 5.74) is 1.26. The number of aryl methyl sites for hydroxylation is 1. The molecule has 1 aliphatic carbocycles. The number of hydrogen-bond acceptors (Lipinski definition) is 5. The minimum absolute atomic E-state index is 0.121. The van der Waals surface area contributed by atoms with E-state index in [1.807, 2.05) is 13.0 Å². The molecule has 0 aliphatic heterocycles. The molecule has 1 N–H and O–H groups in total. The maximum atomic E-state index is 12.5. The molecule has 0 spiro atoms. The fourth-order valence-electron chi connectivity index (χ4n) is 3.48. The van der Waals surface area contributed by atoms with Crippen molar-refractivity contribution in [2.45, 2.75) is 65.0 Å². The quantitative estimate of drug-likeness (QED) is 0.770. The average Bonchev–Trinajstić information content (AvgIpc) is 2.99. The van der Waals surface area contributed by atoms with Gasteiger partial charge in [-0.1, -0.05) is 19.3 Å². The largest absolute Gasteiger partial charge is 0.494 e. The van der Waals surface area contributed by atoms with E-state index in [9.17, 15) is 9.59 Å². The van der Waals surface area contributed by atoms with Gasteiger partial charge in [0.05, 0.1) is 6.61 Å². The number of carbonyl (C=O) groups is 2. The average molecular weight is 373 g/mol. The summed E-state index contributed by atoms with van der Waals surface area (Å²) < 4.78 is 16.5.